The number of hydrogen-bond acceptors (Lipinski definition) is 7. The fourth-order valence-corrected chi connectivity index (χ4v) is 6.30. The molecular weight excluding hydrogens is 663 g/mol. The summed E-state index contributed by atoms with van der Waals surface area (Å²) < 4.78 is 16.5. The molecule has 5 aromatic rings. The fraction of sp³-hybridized carbons (Fsp3) is 0.146. The van der Waals surface area contributed by atoms with Crippen LogP contribution >= 0.6 is 11.8 Å². The molecule has 0 aliphatic rings. The zero-order chi connectivity index (χ0) is 36.3. The van der Waals surface area contributed by atoms with Gasteiger partial charge < -0.3 is 30.2 Å². The van der Waals surface area contributed by atoms with E-state index in [9.17, 15) is 14.4 Å². The van der Waals surface area contributed by atoms with Crippen LogP contribution in [0.5, 0.6) is 17.2 Å². The Bertz CT molecular complexity index is 2050. The number of carbonyl (C=O) groups excluding carboxylic acids is 3. The first-order chi connectivity index (χ1) is 24.7. The number of benzene rings is 5. The second kappa shape index (κ2) is 17.1. The van der Waals surface area contributed by atoms with E-state index in [1.165, 1.54) is 39.2 Å². The maximum absolute atomic E-state index is 13.9. The normalized spacial score (nSPS) is 11.6. The van der Waals surface area contributed by atoms with Crippen LogP contribution in [0.1, 0.15) is 37.9 Å². The monoisotopic (exact) mass is 701 g/mol. The van der Waals surface area contributed by atoms with Gasteiger partial charge in [-0.05, 0) is 79.1 Å². The molecule has 3 amide bonds. The van der Waals surface area contributed by atoms with Gasteiger partial charge in [-0.2, -0.15) is 0 Å². The zero-order valence-corrected chi connectivity index (χ0v) is 29.8. The molecule has 5 aromatic carbocycles. The molecule has 5 rings (SSSR count). The Kier molecular flexibility index (Phi) is 12.2. The van der Waals surface area contributed by atoms with Crippen LogP contribution in [0.4, 0.5) is 11.4 Å². The summed E-state index contributed by atoms with van der Waals surface area (Å²) in [6.45, 7) is 3.94. The summed E-state index contributed by atoms with van der Waals surface area (Å²) in [5.74, 6) is 0.0323. The van der Waals surface area contributed by atoms with Crippen LogP contribution in [0.15, 0.2) is 126 Å². The van der Waals surface area contributed by atoms with Gasteiger partial charge in [-0.25, -0.2) is 0 Å². The van der Waals surface area contributed by atoms with Gasteiger partial charge in [0.25, 0.3) is 11.8 Å². The molecule has 0 saturated carbocycles. The van der Waals surface area contributed by atoms with Crippen LogP contribution in [-0.2, 0) is 9.59 Å². The van der Waals surface area contributed by atoms with Gasteiger partial charge in [0.2, 0.25) is 5.91 Å². The van der Waals surface area contributed by atoms with Gasteiger partial charge in [-0.15, -0.1) is 11.8 Å². The van der Waals surface area contributed by atoms with Crippen molar-refractivity contribution < 1.29 is 28.6 Å². The summed E-state index contributed by atoms with van der Waals surface area (Å²) in [5, 5.41) is 8.19. The van der Waals surface area contributed by atoms with Gasteiger partial charge in [-0.1, -0.05) is 66.7 Å². The Hall–Kier alpha value is -6.00. The number of anilines is 2. The van der Waals surface area contributed by atoms with Crippen molar-refractivity contribution in [3.8, 4) is 17.2 Å². The van der Waals surface area contributed by atoms with Crippen LogP contribution in [0, 0.1) is 13.8 Å². The fourth-order valence-electron chi connectivity index (χ4n) is 5.21. The second-order valence-corrected chi connectivity index (χ2v) is 12.7. The third kappa shape index (κ3) is 9.37. The molecule has 260 valence electrons. The molecule has 1 atom stereocenters. The summed E-state index contributed by atoms with van der Waals surface area (Å²) in [5.41, 5.74) is 4.86. The second-order valence-electron chi connectivity index (χ2n) is 11.5. The van der Waals surface area contributed by atoms with Gasteiger partial charge >= 0.3 is 0 Å². The van der Waals surface area contributed by atoms with E-state index in [4.69, 9.17) is 14.2 Å². The van der Waals surface area contributed by atoms with Crippen molar-refractivity contribution in [1.82, 2.24) is 5.32 Å². The molecule has 1 unspecified atom stereocenters. The third-order valence-corrected chi connectivity index (χ3v) is 9.15. The van der Waals surface area contributed by atoms with Crippen LogP contribution in [0.2, 0.25) is 0 Å². The Morgan fingerprint density at radius 3 is 2.04 bits per heavy atom. The van der Waals surface area contributed by atoms with Crippen molar-refractivity contribution in [2.24, 2.45) is 0 Å². The molecule has 9 nitrogen and oxygen atoms in total. The lowest BCUT2D eigenvalue weighted by molar-refractivity contribution is -0.116. The summed E-state index contributed by atoms with van der Waals surface area (Å²) in [7, 11) is 4.51. The van der Waals surface area contributed by atoms with Gasteiger partial charge in [0, 0.05) is 33.5 Å². The highest BCUT2D eigenvalue weighted by molar-refractivity contribution is 8.00. The highest BCUT2D eigenvalue weighted by Crippen LogP contribution is 2.38. The van der Waals surface area contributed by atoms with Gasteiger partial charge in [0.15, 0.2) is 11.5 Å². The van der Waals surface area contributed by atoms with E-state index in [1.807, 2.05) is 68.4 Å². The van der Waals surface area contributed by atoms with E-state index in [1.54, 1.807) is 60.7 Å². The Morgan fingerprint density at radius 1 is 0.686 bits per heavy atom. The Morgan fingerprint density at radius 2 is 1.35 bits per heavy atom. The first-order valence-electron chi connectivity index (χ1n) is 16.1. The molecule has 3 N–H and O–H groups in total. The number of thioether (sulfide) groups is 1. The van der Waals surface area contributed by atoms with Gasteiger partial charge in [0.05, 0.1) is 21.3 Å². The van der Waals surface area contributed by atoms with E-state index in [0.29, 0.717) is 34.1 Å². The van der Waals surface area contributed by atoms with E-state index < -0.39 is 17.1 Å². The highest BCUT2D eigenvalue weighted by Gasteiger charge is 2.24. The minimum atomic E-state index is -0.588. The van der Waals surface area contributed by atoms with Crippen LogP contribution in [-0.4, -0.2) is 39.1 Å². The van der Waals surface area contributed by atoms with E-state index in [2.05, 4.69) is 16.0 Å². The molecule has 0 spiro atoms. The van der Waals surface area contributed by atoms with E-state index >= 15 is 0 Å². The maximum atomic E-state index is 13.9. The first kappa shape index (κ1) is 36.3. The first-order valence-corrected chi connectivity index (χ1v) is 17.0. The standard InChI is InChI=1S/C41H39N3O6S/c1-26-19-20-27(2)33(21-26)43-41(47)38(28-13-8-6-9-14-28)51-32-18-12-17-31(24-32)42-40(46)34(44-39(45)29-15-10-7-11-16-29)22-30-23-36(49-4)37(50-5)25-35(30)48-3/h6-25,38H,1-5H3,(H,42,46)(H,43,47)(H,44,45)/b34-22+. The number of nitrogens with one attached hydrogen (secondary N) is 3. The number of carbonyl (C=O) groups is 3. The Balaban J connectivity index is 1.44. The number of amides is 3. The summed E-state index contributed by atoms with van der Waals surface area (Å²) >= 11 is 1.36. The summed E-state index contributed by atoms with van der Waals surface area (Å²) in [6, 6.07) is 34.6. The van der Waals surface area contributed by atoms with Crippen LogP contribution < -0.4 is 30.2 Å². The minimum Gasteiger partial charge on any atom is -0.496 e. The molecule has 0 heterocycles. The topological polar surface area (TPSA) is 115 Å². The van der Waals surface area contributed by atoms with Crippen molar-refractivity contribution in [2.75, 3.05) is 32.0 Å². The van der Waals surface area contributed by atoms with Crippen LogP contribution in [0.3, 0.4) is 0 Å². The number of rotatable bonds is 13. The lowest BCUT2D eigenvalue weighted by Gasteiger charge is -2.19. The van der Waals surface area contributed by atoms with Crippen molar-refractivity contribution >= 4 is 46.9 Å². The molecule has 10 heteroatoms. The quantitative estimate of drug-likeness (QED) is 0.0838. The molecule has 0 fully saturated rings. The molecule has 51 heavy (non-hydrogen) atoms. The lowest BCUT2D eigenvalue weighted by atomic mass is 10.1. The molecule has 0 radical (unpaired) electrons. The van der Waals surface area contributed by atoms with Crippen LogP contribution in [0.25, 0.3) is 6.08 Å². The molecule has 0 bridgehead atoms. The summed E-state index contributed by atoms with van der Waals surface area (Å²) in [4.78, 5) is 41.7. The van der Waals surface area contributed by atoms with E-state index in [0.717, 1.165) is 27.3 Å². The van der Waals surface area contributed by atoms with Crippen molar-refractivity contribution in [3.63, 3.8) is 0 Å². The molecular formula is C41H39N3O6S. The predicted octanol–water partition coefficient (Wildman–Crippen LogP) is 8.21. The third-order valence-electron chi connectivity index (χ3n) is 7.90. The molecule has 0 aromatic heterocycles. The number of aryl methyl sites for hydroxylation is 2. The number of ether oxygens (including phenoxy) is 3. The zero-order valence-electron chi connectivity index (χ0n) is 29.0. The summed E-state index contributed by atoms with van der Waals surface area (Å²) in [6.07, 6.45) is 1.51. The van der Waals surface area contributed by atoms with Crippen molar-refractivity contribution in [1.29, 1.82) is 0 Å². The molecule has 0 aliphatic heterocycles. The molecule has 0 aliphatic carbocycles. The van der Waals surface area contributed by atoms with E-state index in [-0.39, 0.29) is 11.6 Å². The lowest BCUT2D eigenvalue weighted by Crippen LogP contribution is -2.30. The minimum absolute atomic E-state index is 0.0394. The Labute approximate surface area is 302 Å². The number of hydrogen-bond donors (Lipinski definition) is 3. The van der Waals surface area contributed by atoms with Crippen molar-refractivity contribution in [3.05, 3.63) is 149 Å². The average molecular weight is 702 g/mol. The average Bonchev–Trinajstić information content (AvgIpc) is 3.15. The SMILES string of the molecule is COc1cc(OC)c(OC)cc1/C=C(/NC(=O)c1ccccc1)C(=O)Nc1cccc(SC(C(=O)Nc2cc(C)ccc2C)c2ccccc2)c1. The molecule has 0 saturated heterocycles. The van der Waals surface area contributed by atoms with Crippen molar-refractivity contribution in [2.45, 2.75) is 24.0 Å². The highest BCUT2D eigenvalue weighted by atomic mass is 32.2. The smallest absolute Gasteiger partial charge is 0.272 e. The maximum Gasteiger partial charge on any atom is 0.272 e. The predicted molar refractivity (Wildman–Crippen MR) is 203 cm³/mol. The van der Waals surface area contributed by atoms with Gasteiger partial charge in [-0.3, -0.25) is 14.4 Å². The number of methoxy groups -OCH3 is 3. The largest absolute Gasteiger partial charge is 0.496 e. The van der Waals surface area contributed by atoms with Gasteiger partial charge in [0.1, 0.15) is 16.7 Å².